The molecular weight excluding hydrogens is 326 g/mol. The van der Waals surface area contributed by atoms with Crippen LogP contribution in [0.2, 0.25) is 0 Å². The molecule has 26 heavy (non-hydrogen) atoms. The van der Waals surface area contributed by atoms with E-state index in [2.05, 4.69) is 25.5 Å². The van der Waals surface area contributed by atoms with Crippen LogP contribution in [0.15, 0.2) is 6.07 Å². The van der Waals surface area contributed by atoms with Crippen molar-refractivity contribution >= 4 is 17.5 Å². The molecule has 2 fully saturated rings. The summed E-state index contributed by atoms with van der Waals surface area (Å²) in [6.45, 7) is 5.40. The van der Waals surface area contributed by atoms with E-state index in [0.29, 0.717) is 19.5 Å². The number of amides is 1. The van der Waals surface area contributed by atoms with Gasteiger partial charge in [0.2, 0.25) is 5.91 Å². The Morgan fingerprint density at radius 3 is 2.65 bits per heavy atom. The molecular formula is C20H33N5O. The number of aromatic nitrogens is 2. The third-order valence-corrected chi connectivity index (χ3v) is 5.51. The van der Waals surface area contributed by atoms with Crippen molar-refractivity contribution in [1.82, 2.24) is 15.3 Å². The second kappa shape index (κ2) is 9.74. The van der Waals surface area contributed by atoms with Gasteiger partial charge in [0.25, 0.3) is 0 Å². The molecule has 1 aromatic heterocycles. The first-order valence-corrected chi connectivity index (χ1v) is 10.3. The Morgan fingerprint density at radius 1 is 1.12 bits per heavy atom. The maximum absolute atomic E-state index is 12.0. The van der Waals surface area contributed by atoms with Crippen molar-refractivity contribution in [2.24, 2.45) is 5.92 Å². The summed E-state index contributed by atoms with van der Waals surface area (Å²) < 4.78 is 0. The minimum Gasteiger partial charge on any atom is -0.368 e. The van der Waals surface area contributed by atoms with Crippen molar-refractivity contribution in [2.45, 2.75) is 64.7 Å². The van der Waals surface area contributed by atoms with Crippen LogP contribution in [-0.2, 0) is 4.79 Å². The number of aryl methyl sites for hydroxylation is 1. The van der Waals surface area contributed by atoms with E-state index in [-0.39, 0.29) is 5.91 Å². The Morgan fingerprint density at radius 2 is 1.88 bits per heavy atom. The van der Waals surface area contributed by atoms with E-state index in [1.807, 2.05) is 13.0 Å². The molecule has 1 aliphatic carbocycles. The van der Waals surface area contributed by atoms with E-state index in [4.69, 9.17) is 0 Å². The van der Waals surface area contributed by atoms with E-state index in [1.54, 1.807) is 0 Å². The molecule has 0 radical (unpaired) electrons. The molecule has 6 heteroatoms. The van der Waals surface area contributed by atoms with E-state index in [0.717, 1.165) is 42.9 Å². The number of piperidine rings is 1. The fourth-order valence-corrected chi connectivity index (χ4v) is 4.04. The fourth-order valence-electron chi connectivity index (χ4n) is 4.04. The lowest BCUT2D eigenvalue weighted by Crippen LogP contribution is -2.31. The second-order valence-electron chi connectivity index (χ2n) is 7.67. The molecule has 1 saturated carbocycles. The molecule has 1 amide bonds. The maximum atomic E-state index is 12.0. The Kier molecular flexibility index (Phi) is 7.09. The number of hydrogen-bond acceptors (Lipinski definition) is 5. The summed E-state index contributed by atoms with van der Waals surface area (Å²) in [5.74, 6) is 3.59. The summed E-state index contributed by atoms with van der Waals surface area (Å²) in [6, 6.07) is 2.03. The first kappa shape index (κ1) is 18.9. The standard InChI is InChI=1S/C20H33N5O/c1-16-23-18(15-19(24-16)25-13-5-2-6-14-25)21-11-12-22-20(26)10-9-17-7-3-4-8-17/h15,17H,2-14H2,1H3,(H,22,26)(H,21,23,24). The first-order valence-electron chi connectivity index (χ1n) is 10.3. The van der Waals surface area contributed by atoms with Gasteiger partial charge in [-0.2, -0.15) is 0 Å². The van der Waals surface area contributed by atoms with Gasteiger partial charge < -0.3 is 15.5 Å². The van der Waals surface area contributed by atoms with Crippen LogP contribution >= 0.6 is 0 Å². The highest BCUT2D eigenvalue weighted by Crippen LogP contribution is 2.28. The molecule has 0 unspecified atom stereocenters. The van der Waals surface area contributed by atoms with Gasteiger partial charge in [-0.25, -0.2) is 9.97 Å². The topological polar surface area (TPSA) is 70.2 Å². The number of rotatable bonds is 8. The summed E-state index contributed by atoms with van der Waals surface area (Å²) >= 11 is 0. The SMILES string of the molecule is Cc1nc(NCCNC(=O)CCC2CCCC2)cc(N2CCCCC2)n1. The van der Waals surface area contributed by atoms with Crippen LogP contribution in [0.5, 0.6) is 0 Å². The molecule has 2 N–H and O–H groups in total. The van der Waals surface area contributed by atoms with Crippen LogP contribution in [-0.4, -0.2) is 42.1 Å². The molecule has 1 aliphatic heterocycles. The molecule has 2 heterocycles. The third-order valence-electron chi connectivity index (χ3n) is 5.51. The monoisotopic (exact) mass is 359 g/mol. The number of hydrogen-bond donors (Lipinski definition) is 2. The molecule has 3 rings (SSSR count). The molecule has 0 atom stereocenters. The van der Waals surface area contributed by atoms with Gasteiger partial charge in [0.15, 0.2) is 0 Å². The average Bonchev–Trinajstić information content (AvgIpc) is 3.17. The zero-order valence-electron chi connectivity index (χ0n) is 16.1. The van der Waals surface area contributed by atoms with Crippen LogP contribution in [0.4, 0.5) is 11.6 Å². The van der Waals surface area contributed by atoms with Crippen LogP contribution in [0.3, 0.4) is 0 Å². The highest BCUT2D eigenvalue weighted by molar-refractivity contribution is 5.75. The summed E-state index contributed by atoms with van der Waals surface area (Å²) in [6.07, 6.45) is 10.8. The predicted molar refractivity (Wildman–Crippen MR) is 106 cm³/mol. The maximum Gasteiger partial charge on any atom is 0.220 e. The number of carbonyl (C=O) groups is 1. The number of carbonyl (C=O) groups excluding carboxylic acids is 1. The van der Waals surface area contributed by atoms with Gasteiger partial charge in [-0.15, -0.1) is 0 Å². The summed E-state index contributed by atoms with van der Waals surface area (Å²) in [4.78, 5) is 23.3. The molecule has 0 aromatic carbocycles. The minimum absolute atomic E-state index is 0.173. The van der Waals surface area contributed by atoms with Crippen molar-refractivity contribution in [3.05, 3.63) is 11.9 Å². The van der Waals surface area contributed by atoms with Crippen LogP contribution < -0.4 is 15.5 Å². The van der Waals surface area contributed by atoms with Crippen molar-refractivity contribution < 1.29 is 4.79 Å². The van der Waals surface area contributed by atoms with Gasteiger partial charge in [-0.1, -0.05) is 25.7 Å². The minimum atomic E-state index is 0.173. The van der Waals surface area contributed by atoms with Crippen molar-refractivity contribution in [3.63, 3.8) is 0 Å². The average molecular weight is 360 g/mol. The highest BCUT2D eigenvalue weighted by atomic mass is 16.1. The van der Waals surface area contributed by atoms with Gasteiger partial charge >= 0.3 is 0 Å². The molecule has 144 valence electrons. The number of nitrogens with zero attached hydrogens (tertiary/aromatic N) is 3. The fraction of sp³-hybridized carbons (Fsp3) is 0.750. The van der Waals surface area contributed by atoms with Crippen LogP contribution in [0.1, 0.15) is 63.6 Å². The quantitative estimate of drug-likeness (QED) is 0.697. The zero-order chi connectivity index (χ0) is 18.2. The molecule has 0 bridgehead atoms. The summed E-state index contributed by atoms with van der Waals surface area (Å²) in [5, 5.41) is 6.34. The first-order chi connectivity index (χ1) is 12.7. The highest BCUT2D eigenvalue weighted by Gasteiger charge is 2.16. The molecule has 0 spiro atoms. The third kappa shape index (κ3) is 5.85. The Labute approximate surface area is 157 Å². The lowest BCUT2D eigenvalue weighted by Gasteiger charge is -2.28. The Bertz CT molecular complexity index is 580. The van der Waals surface area contributed by atoms with Crippen molar-refractivity contribution in [1.29, 1.82) is 0 Å². The van der Waals surface area contributed by atoms with Gasteiger partial charge in [-0.05, 0) is 38.5 Å². The Balaban J connectivity index is 1.38. The number of nitrogens with one attached hydrogen (secondary N) is 2. The van der Waals surface area contributed by atoms with E-state index >= 15 is 0 Å². The van der Waals surface area contributed by atoms with Gasteiger partial charge in [0.1, 0.15) is 17.5 Å². The van der Waals surface area contributed by atoms with E-state index < -0.39 is 0 Å². The second-order valence-corrected chi connectivity index (χ2v) is 7.67. The van der Waals surface area contributed by atoms with Crippen molar-refractivity contribution in [3.8, 4) is 0 Å². The van der Waals surface area contributed by atoms with Gasteiger partial charge in [0.05, 0.1) is 0 Å². The van der Waals surface area contributed by atoms with Gasteiger partial charge in [0, 0.05) is 38.7 Å². The Hall–Kier alpha value is -1.85. The van der Waals surface area contributed by atoms with Crippen LogP contribution in [0, 0.1) is 12.8 Å². The molecule has 2 aliphatic rings. The normalized spacial score (nSPS) is 18.1. The molecule has 6 nitrogen and oxygen atoms in total. The summed E-state index contributed by atoms with van der Waals surface area (Å²) in [5.41, 5.74) is 0. The lowest BCUT2D eigenvalue weighted by molar-refractivity contribution is -0.121. The molecule has 1 aromatic rings. The smallest absolute Gasteiger partial charge is 0.220 e. The van der Waals surface area contributed by atoms with Gasteiger partial charge in [-0.3, -0.25) is 4.79 Å². The van der Waals surface area contributed by atoms with E-state index in [1.165, 1.54) is 44.9 Å². The summed E-state index contributed by atoms with van der Waals surface area (Å²) in [7, 11) is 0. The largest absolute Gasteiger partial charge is 0.368 e. The number of anilines is 2. The predicted octanol–water partition coefficient (Wildman–Crippen LogP) is 3.27. The van der Waals surface area contributed by atoms with E-state index in [9.17, 15) is 4.79 Å². The van der Waals surface area contributed by atoms with Crippen molar-refractivity contribution in [2.75, 3.05) is 36.4 Å². The van der Waals surface area contributed by atoms with Crippen LogP contribution in [0.25, 0.3) is 0 Å². The zero-order valence-corrected chi connectivity index (χ0v) is 16.1. The lowest BCUT2D eigenvalue weighted by atomic mass is 10.0. The molecule has 1 saturated heterocycles.